The largest absolute Gasteiger partial charge is 0.360 e. The van der Waals surface area contributed by atoms with Crippen molar-refractivity contribution in [1.29, 1.82) is 0 Å². The van der Waals surface area contributed by atoms with Gasteiger partial charge in [-0.15, -0.1) is 0 Å². The molecule has 4 heterocycles. The Balaban J connectivity index is 1.32. The Kier molecular flexibility index (Phi) is 4.50. The third-order valence-electron chi connectivity index (χ3n) is 6.52. The average molecular weight is 406 g/mol. The van der Waals surface area contributed by atoms with E-state index in [1.165, 1.54) is 5.56 Å². The topological polar surface area (TPSA) is 67.7 Å². The van der Waals surface area contributed by atoms with Crippen molar-refractivity contribution >= 4 is 11.8 Å². The quantitative estimate of drug-likeness (QED) is 0.684. The summed E-state index contributed by atoms with van der Waals surface area (Å²) in [5.74, 6) is -0.930. The molecule has 0 radical (unpaired) electrons. The molecule has 1 spiro atoms. The molecule has 3 aliphatic rings. The maximum atomic E-state index is 13.4. The molecule has 0 aliphatic carbocycles. The monoisotopic (exact) mass is 406 g/mol. The van der Waals surface area contributed by atoms with Crippen LogP contribution < -0.4 is 0 Å². The van der Waals surface area contributed by atoms with Crippen LogP contribution in [0.4, 0.5) is 0 Å². The molecule has 2 amide bonds. The molecule has 0 saturated carbocycles. The number of fused-ring (bicyclic) bond motifs is 1. The Hall–Kier alpha value is -2.93. The number of carbonyl (C=O) groups is 2. The first-order chi connectivity index (χ1) is 14.5. The zero-order chi connectivity index (χ0) is 20.9. The highest BCUT2D eigenvalue weighted by atomic mass is 16.5. The van der Waals surface area contributed by atoms with Crippen LogP contribution >= 0.6 is 0 Å². The molecule has 2 aromatic rings. The molecule has 7 nitrogen and oxygen atoms in total. The van der Waals surface area contributed by atoms with Crippen molar-refractivity contribution in [1.82, 2.24) is 19.6 Å². The number of carbonyl (C=O) groups excluding carboxylic acids is 2. The van der Waals surface area contributed by atoms with Crippen LogP contribution in [0.1, 0.15) is 11.1 Å². The SMILES string of the molecule is Cc1cccc(CN2C[C@]34C=C[C@H](O3)[C@@H](C(=O)N(C)CCn3cccn3)[C@@H]4C2=O)c1. The smallest absolute Gasteiger partial charge is 0.230 e. The predicted molar refractivity (Wildman–Crippen MR) is 110 cm³/mol. The number of likely N-dealkylation sites (tertiary alicyclic amines) is 1. The Bertz CT molecular complexity index is 1000. The number of aryl methyl sites for hydroxylation is 1. The summed E-state index contributed by atoms with van der Waals surface area (Å²) in [6.45, 7) is 4.24. The van der Waals surface area contributed by atoms with E-state index in [-0.39, 0.29) is 17.9 Å². The number of likely N-dealkylation sites (N-methyl/N-ethyl adjacent to an activating group) is 1. The summed E-state index contributed by atoms with van der Waals surface area (Å²) in [4.78, 5) is 30.2. The van der Waals surface area contributed by atoms with E-state index < -0.39 is 17.4 Å². The molecule has 3 aliphatic heterocycles. The molecule has 2 bridgehead atoms. The van der Waals surface area contributed by atoms with Crippen molar-refractivity contribution in [3.63, 3.8) is 0 Å². The minimum Gasteiger partial charge on any atom is -0.360 e. The van der Waals surface area contributed by atoms with Crippen LogP contribution in [-0.2, 0) is 27.4 Å². The van der Waals surface area contributed by atoms with Crippen LogP contribution in [0.2, 0.25) is 0 Å². The Labute approximate surface area is 175 Å². The van der Waals surface area contributed by atoms with Crippen LogP contribution in [0.5, 0.6) is 0 Å². The van der Waals surface area contributed by atoms with Gasteiger partial charge >= 0.3 is 0 Å². The number of hydrogen-bond donors (Lipinski definition) is 0. The normalized spacial score (nSPS) is 28.9. The lowest BCUT2D eigenvalue weighted by atomic mass is 9.76. The highest BCUT2D eigenvalue weighted by Crippen LogP contribution is 2.52. The molecule has 0 unspecified atom stereocenters. The lowest BCUT2D eigenvalue weighted by molar-refractivity contribution is -0.142. The third kappa shape index (κ3) is 3.04. The van der Waals surface area contributed by atoms with E-state index in [0.717, 1.165) is 5.56 Å². The van der Waals surface area contributed by atoms with Gasteiger partial charge in [0.25, 0.3) is 0 Å². The van der Waals surface area contributed by atoms with E-state index in [2.05, 4.69) is 11.2 Å². The van der Waals surface area contributed by atoms with E-state index in [4.69, 9.17) is 4.74 Å². The lowest BCUT2D eigenvalue weighted by Gasteiger charge is -2.27. The van der Waals surface area contributed by atoms with Gasteiger partial charge in [0.15, 0.2) is 0 Å². The minimum absolute atomic E-state index is 0.0159. The summed E-state index contributed by atoms with van der Waals surface area (Å²) in [6.07, 6.45) is 7.24. The van der Waals surface area contributed by atoms with Crippen LogP contribution in [0.25, 0.3) is 0 Å². The predicted octanol–water partition coefficient (Wildman–Crippen LogP) is 1.63. The molecule has 30 heavy (non-hydrogen) atoms. The van der Waals surface area contributed by atoms with Crippen LogP contribution in [-0.4, -0.2) is 63.2 Å². The van der Waals surface area contributed by atoms with Crippen molar-refractivity contribution in [3.8, 4) is 0 Å². The molecule has 1 aromatic carbocycles. The molecule has 1 aromatic heterocycles. The van der Waals surface area contributed by atoms with Crippen molar-refractivity contribution < 1.29 is 14.3 Å². The summed E-state index contributed by atoms with van der Waals surface area (Å²) >= 11 is 0. The van der Waals surface area contributed by atoms with Crippen LogP contribution in [0.3, 0.4) is 0 Å². The fraction of sp³-hybridized carbons (Fsp3) is 0.435. The number of benzene rings is 1. The Morgan fingerprint density at radius 1 is 1.37 bits per heavy atom. The van der Waals surface area contributed by atoms with E-state index in [0.29, 0.717) is 26.2 Å². The first-order valence-electron chi connectivity index (χ1n) is 10.4. The molecular formula is C23H26N4O3. The molecular weight excluding hydrogens is 380 g/mol. The molecule has 2 fully saturated rings. The average Bonchev–Trinajstić information content (AvgIpc) is 3.49. The Morgan fingerprint density at radius 2 is 2.23 bits per heavy atom. The van der Waals surface area contributed by atoms with Gasteiger partial charge in [-0.2, -0.15) is 5.10 Å². The number of rotatable bonds is 6. The van der Waals surface area contributed by atoms with E-state index in [1.807, 2.05) is 54.4 Å². The second-order valence-corrected chi connectivity index (χ2v) is 8.61. The van der Waals surface area contributed by atoms with Gasteiger partial charge in [0.05, 0.1) is 31.0 Å². The molecule has 2 saturated heterocycles. The maximum absolute atomic E-state index is 13.4. The van der Waals surface area contributed by atoms with Crippen molar-refractivity contribution in [3.05, 3.63) is 66.0 Å². The van der Waals surface area contributed by atoms with Gasteiger partial charge in [-0.3, -0.25) is 14.3 Å². The van der Waals surface area contributed by atoms with E-state index in [9.17, 15) is 9.59 Å². The fourth-order valence-electron chi connectivity index (χ4n) is 5.07. The second-order valence-electron chi connectivity index (χ2n) is 8.61. The summed E-state index contributed by atoms with van der Waals surface area (Å²) < 4.78 is 8.04. The van der Waals surface area contributed by atoms with Gasteiger partial charge in [0, 0.05) is 32.5 Å². The zero-order valence-corrected chi connectivity index (χ0v) is 17.3. The van der Waals surface area contributed by atoms with E-state index >= 15 is 0 Å². The van der Waals surface area contributed by atoms with Crippen molar-refractivity contribution in [2.45, 2.75) is 31.7 Å². The van der Waals surface area contributed by atoms with Gasteiger partial charge in [0.2, 0.25) is 11.8 Å². The number of ether oxygens (including phenoxy) is 1. The van der Waals surface area contributed by atoms with Crippen molar-refractivity contribution in [2.75, 3.05) is 20.1 Å². The summed E-state index contributed by atoms with van der Waals surface area (Å²) in [7, 11) is 1.79. The summed E-state index contributed by atoms with van der Waals surface area (Å²) in [6, 6.07) is 10.0. The van der Waals surface area contributed by atoms with Crippen LogP contribution in [0.15, 0.2) is 54.9 Å². The van der Waals surface area contributed by atoms with Gasteiger partial charge < -0.3 is 14.5 Å². The summed E-state index contributed by atoms with van der Waals surface area (Å²) in [5.41, 5.74) is 1.59. The van der Waals surface area contributed by atoms with Crippen molar-refractivity contribution in [2.24, 2.45) is 11.8 Å². The fourth-order valence-corrected chi connectivity index (χ4v) is 5.07. The van der Waals surface area contributed by atoms with Gasteiger partial charge in [0.1, 0.15) is 5.60 Å². The number of aromatic nitrogens is 2. The Morgan fingerprint density at radius 3 is 3.00 bits per heavy atom. The third-order valence-corrected chi connectivity index (χ3v) is 6.52. The van der Waals surface area contributed by atoms with Gasteiger partial charge in [-0.05, 0) is 18.6 Å². The summed E-state index contributed by atoms with van der Waals surface area (Å²) in [5, 5.41) is 4.19. The van der Waals surface area contributed by atoms with Gasteiger partial charge in [-0.25, -0.2) is 0 Å². The highest BCUT2D eigenvalue weighted by molar-refractivity contribution is 5.93. The zero-order valence-electron chi connectivity index (χ0n) is 17.3. The minimum atomic E-state index is -0.672. The lowest BCUT2D eigenvalue weighted by Crippen LogP contribution is -2.45. The number of nitrogens with zero attached hydrogens (tertiary/aromatic N) is 4. The molecule has 0 N–H and O–H groups in total. The van der Waals surface area contributed by atoms with E-state index in [1.54, 1.807) is 22.8 Å². The highest BCUT2D eigenvalue weighted by Gasteiger charge is 2.67. The maximum Gasteiger partial charge on any atom is 0.230 e. The molecule has 4 atom stereocenters. The number of amides is 2. The molecule has 7 heteroatoms. The standard InChI is InChI=1S/C23H26N4O3/c1-16-5-3-6-17(13-16)14-26-15-23-8-7-18(30-23)19(20(23)22(26)29)21(28)25(2)11-12-27-10-4-9-24-27/h3-10,13,18-20H,11-12,14-15H2,1-2H3/t18-,19+,20+,23-/m0/s1. The van der Waals surface area contributed by atoms with Crippen LogP contribution in [0, 0.1) is 18.8 Å². The first kappa shape index (κ1) is 19.1. The molecule has 5 rings (SSSR count). The first-order valence-corrected chi connectivity index (χ1v) is 10.4. The van der Waals surface area contributed by atoms with Gasteiger partial charge in [-0.1, -0.05) is 42.0 Å². The second kappa shape index (κ2) is 7.09. The molecule has 156 valence electrons. The number of hydrogen-bond acceptors (Lipinski definition) is 4.